The number of esters is 2. The third-order valence-corrected chi connectivity index (χ3v) is 7.75. The molecule has 4 heteroatoms. The molecule has 1 fully saturated rings. The van der Waals surface area contributed by atoms with Gasteiger partial charge >= 0.3 is 11.9 Å². The smallest absolute Gasteiger partial charge is 0.308 e. The summed E-state index contributed by atoms with van der Waals surface area (Å²) >= 11 is 0. The molecule has 0 aliphatic heterocycles. The molecular weight excluding hydrogens is 448 g/mol. The number of carbonyl (C=O) groups excluding carboxylic acids is 2. The number of unbranched alkanes of at least 4 members (excludes halogenated alkanes) is 15. The number of rotatable bonds is 23. The van der Waals surface area contributed by atoms with Crippen LogP contribution in [0.15, 0.2) is 0 Å². The molecule has 0 spiro atoms. The van der Waals surface area contributed by atoms with Gasteiger partial charge in [-0.05, 0) is 38.0 Å². The zero-order valence-electron chi connectivity index (χ0n) is 24.3. The maximum Gasteiger partial charge on any atom is 0.308 e. The van der Waals surface area contributed by atoms with E-state index in [-0.39, 0.29) is 23.8 Å². The topological polar surface area (TPSA) is 52.6 Å². The molecule has 0 heterocycles. The van der Waals surface area contributed by atoms with Gasteiger partial charge in [-0.15, -0.1) is 0 Å². The predicted octanol–water partition coefficient (Wildman–Crippen LogP) is 9.58. The van der Waals surface area contributed by atoms with E-state index < -0.39 is 0 Å². The molecule has 0 aromatic rings. The van der Waals surface area contributed by atoms with Crippen molar-refractivity contribution in [2.75, 3.05) is 13.2 Å². The largest absolute Gasteiger partial charge is 0.465 e. The summed E-state index contributed by atoms with van der Waals surface area (Å²) < 4.78 is 11.1. The highest BCUT2D eigenvalue weighted by atomic mass is 16.5. The number of carbonyl (C=O) groups is 2. The summed E-state index contributed by atoms with van der Waals surface area (Å²) in [6.45, 7) is 7.90. The number of hydrogen-bond acceptors (Lipinski definition) is 4. The molecule has 0 aromatic heterocycles. The summed E-state index contributed by atoms with van der Waals surface area (Å²) in [5, 5.41) is 0. The Kier molecular flexibility index (Phi) is 21.1. The lowest BCUT2D eigenvalue weighted by atomic mass is 9.81. The molecule has 0 N–H and O–H groups in total. The molecule has 0 radical (unpaired) electrons. The van der Waals surface area contributed by atoms with Crippen LogP contribution in [0.3, 0.4) is 0 Å². The van der Waals surface area contributed by atoms with E-state index in [1.165, 1.54) is 89.9 Å². The first-order valence-corrected chi connectivity index (χ1v) is 15.9. The van der Waals surface area contributed by atoms with Crippen LogP contribution in [0.1, 0.15) is 162 Å². The summed E-state index contributed by atoms with van der Waals surface area (Å²) in [5.41, 5.74) is 0. The molecule has 4 nitrogen and oxygen atoms in total. The van der Waals surface area contributed by atoms with Crippen molar-refractivity contribution in [3.8, 4) is 0 Å². The van der Waals surface area contributed by atoms with Crippen LogP contribution in [-0.4, -0.2) is 25.2 Å². The molecule has 36 heavy (non-hydrogen) atoms. The van der Waals surface area contributed by atoms with Gasteiger partial charge in [0.15, 0.2) is 0 Å². The fourth-order valence-corrected chi connectivity index (χ4v) is 5.33. The van der Waals surface area contributed by atoms with Gasteiger partial charge in [-0.3, -0.25) is 9.59 Å². The van der Waals surface area contributed by atoms with Crippen molar-refractivity contribution in [2.45, 2.75) is 162 Å². The lowest BCUT2D eigenvalue weighted by Crippen LogP contribution is -2.30. The minimum Gasteiger partial charge on any atom is -0.465 e. The molecule has 212 valence electrons. The highest BCUT2D eigenvalue weighted by Crippen LogP contribution is 2.31. The Hall–Kier alpha value is -1.06. The van der Waals surface area contributed by atoms with Crippen LogP contribution in [0.25, 0.3) is 0 Å². The minimum atomic E-state index is -0.130. The van der Waals surface area contributed by atoms with Crippen LogP contribution in [-0.2, 0) is 19.1 Å². The third-order valence-electron chi connectivity index (χ3n) is 7.75. The highest BCUT2D eigenvalue weighted by molar-refractivity contribution is 5.76. The van der Waals surface area contributed by atoms with Crippen molar-refractivity contribution in [1.82, 2.24) is 0 Å². The predicted molar refractivity (Wildman–Crippen MR) is 151 cm³/mol. The maximum absolute atomic E-state index is 12.5. The monoisotopic (exact) mass is 508 g/mol. The Morgan fingerprint density at radius 2 is 1.00 bits per heavy atom. The Labute approximate surface area is 224 Å². The van der Waals surface area contributed by atoms with Crippen LogP contribution in [0.2, 0.25) is 0 Å². The fourth-order valence-electron chi connectivity index (χ4n) is 5.33. The van der Waals surface area contributed by atoms with Crippen molar-refractivity contribution < 1.29 is 19.1 Å². The maximum atomic E-state index is 12.5. The van der Waals surface area contributed by atoms with Crippen LogP contribution in [0.4, 0.5) is 0 Å². The molecule has 0 amide bonds. The van der Waals surface area contributed by atoms with Gasteiger partial charge in [-0.2, -0.15) is 0 Å². The zero-order chi connectivity index (χ0) is 26.3. The van der Waals surface area contributed by atoms with E-state index in [1.54, 1.807) is 0 Å². The second kappa shape index (κ2) is 23.1. The minimum absolute atomic E-state index is 0.100. The molecule has 1 aliphatic carbocycles. The van der Waals surface area contributed by atoms with Crippen LogP contribution in [0, 0.1) is 17.8 Å². The Bertz CT molecular complexity index is 530. The molecule has 1 rings (SSSR count). The quantitative estimate of drug-likeness (QED) is 0.102. The summed E-state index contributed by atoms with van der Waals surface area (Å²) in [6.07, 6.45) is 25.9. The van der Waals surface area contributed by atoms with Gasteiger partial charge in [-0.1, -0.05) is 130 Å². The van der Waals surface area contributed by atoms with E-state index in [0.29, 0.717) is 19.6 Å². The molecule has 0 saturated heterocycles. The van der Waals surface area contributed by atoms with Crippen molar-refractivity contribution >= 4 is 11.9 Å². The molecule has 2 atom stereocenters. The average molecular weight is 509 g/mol. The van der Waals surface area contributed by atoms with E-state index in [1.807, 2.05) is 0 Å². The summed E-state index contributed by atoms with van der Waals surface area (Å²) in [4.78, 5) is 25.0. The average Bonchev–Trinajstić information content (AvgIpc) is 2.88. The Morgan fingerprint density at radius 1 is 0.611 bits per heavy atom. The van der Waals surface area contributed by atoms with Crippen LogP contribution in [0.5, 0.6) is 0 Å². The Balaban J connectivity index is 2.01. The lowest BCUT2D eigenvalue weighted by Gasteiger charge is -2.26. The normalized spacial score (nSPS) is 17.9. The first kappa shape index (κ1) is 33.0. The van der Waals surface area contributed by atoms with Crippen LogP contribution >= 0.6 is 0 Å². The van der Waals surface area contributed by atoms with Gasteiger partial charge in [0.05, 0.1) is 25.0 Å². The third kappa shape index (κ3) is 18.2. The van der Waals surface area contributed by atoms with E-state index in [0.717, 1.165) is 50.9 Å². The highest BCUT2D eigenvalue weighted by Gasteiger charge is 2.32. The van der Waals surface area contributed by atoms with Gasteiger partial charge < -0.3 is 9.47 Å². The fraction of sp³-hybridized carbons (Fsp3) is 0.938. The van der Waals surface area contributed by atoms with E-state index in [9.17, 15) is 9.59 Å². The van der Waals surface area contributed by atoms with Crippen molar-refractivity contribution in [2.24, 2.45) is 17.8 Å². The molecule has 1 aliphatic rings. The second-order valence-corrected chi connectivity index (χ2v) is 11.7. The van der Waals surface area contributed by atoms with Crippen molar-refractivity contribution in [1.29, 1.82) is 0 Å². The summed E-state index contributed by atoms with van der Waals surface area (Å²) in [5.74, 6) is 0.369. The SMILES string of the molecule is CCCCCCCCCCCOC(=O)C1CCCC(C(=O)OCCCCCCCCCCC(C)C)C1. The molecule has 2 unspecified atom stereocenters. The van der Waals surface area contributed by atoms with Gasteiger partial charge in [-0.25, -0.2) is 0 Å². The first-order valence-electron chi connectivity index (χ1n) is 15.9. The van der Waals surface area contributed by atoms with Crippen LogP contribution < -0.4 is 0 Å². The molecular formula is C32H60O4. The van der Waals surface area contributed by atoms with Gasteiger partial charge in [0, 0.05) is 0 Å². The van der Waals surface area contributed by atoms with Gasteiger partial charge in [0.1, 0.15) is 0 Å². The number of ether oxygens (including phenoxy) is 2. The summed E-state index contributed by atoms with van der Waals surface area (Å²) in [6, 6.07) is 0. The van der Waals surface area contributed by atoms with Crippen molar-refractivity contribution in [3.63, 3.8) is 0 Å². The standard InChI is InChI=1S/C32H60O4/c1-4-5-6-7-8-10-13-16-19-25-35-31(33)29-23-21-24-30(27-29)32(34)36-26-20-17-14-11-9-12-15-18-22-28(2)3/h28-30H,4-27H2,1-3H3. The second-order valence-electron chi connectivity index (χ2n) is 11.7. The van der Waals surface area contributed by atoms with Crippen molar-refractivity contribution in [3.05, 3.63) is 0 Å². The van der Waals surface area contributed by atoms with E-state index in [4.69, 9.17) is 9.47 Å². The van der Waals surface area contributed by atoms with Gasteiger partial charge in [0.25, 0.3) is 0 Å². The zero-order valence-corrected chi connectivity index (χ0v) is 24.3. The molecule has 0 bridgehead atoms. The number of hydrogen-bond donors (Lipinski definition) is 0. The van der Waals surface area contributed by atoms with Gasteiger partial charge in [0.2, 0.25) is 0 Å². The molecule has 0 aromatic carbocycles. The summed E-state index contributed by atoms with van der Waals surface area (Å²) in [7, 11) is 0. The molecule has 1 saturated carbocycles. The van der Waals surface area contributed by atoms with E-state index in [2.05, 4.69) is 20.8 Å². The lowest BCUT2D eigenvalue weighted by molar-refractivity contribution is -0.155. The van der Waals surface area contributed by atoms with E-state index >= 15 is 0 Å². The Morgan fingerprint density at radius 3 is 1.42 bits per heavy atom. The first-order chi connectivity index (χ1) is 17.5.